The number of halogens is 1. The highest BCUT2D eigenvalue weighted by molar-refractivity contribution is 14.1. The van der Waals surface area contributed by atoms with Crippen LogP contribution in [0.3, 0.4) is 0 Å². The van der Waals surface area contributed by atoms with Crippen molar-refractivity contribution in [3.8, 4) is 0 Å². The van der Waals surface area contributed by atoms with E-state index in [9.17, 15) is 9.59 Å². The molecule has 1 heterocycles. The molecule has 0 bridgehead atoms. The summed E-state index contributed by atoms with van der Waals surface area (Å²) in [5.41, 5.74) is 1.24. The fourth-order valence-corrected chi connectivity index (χ4v) is 1.97. The summed E-state index contributed by atoms with van der Waals surface area (Å²) in [6, 6.07) is 3.24. The van der Waals surface area contributed by atoms with E-state index in [1.54, 1.807) is 48.1 Å². The third kappa shape index (κ3) is 5.51. The van der Waals surface area contributed by atoms with Gasteiger partial charge in [-0.3, -0.25) is 9.78 Å². The molecule has 0 aliphatic rings. The van der Waals surface area contributed by atoms with Gasteiger partial charge in [-0.05, 0) is 25.1 Å². The molecular formula is C16H16INO5. The van der Waals surface area contributed by atoms with Gasteiger partial charge in [0.05, 0.1) is 23.9 Å². The molecule has 0 unspecified atom stereocenters. The molecule has 0 amide bonds. The smallest absolute Gasteiger partial charge is 0.339 e. The molecule has 1 rings (SSSR count). The molecule has 6 nitrogen and oxygen atoms in total. The Morgan fingerprint density at radius 3 is 2.65 bits per heavy atom. The van der Waals surface area contributed by atoms with Crippen molar-refractivity contribution in [2.45, 2.75) is 13.5 Å². The number of hydrogen-bond donors (Lipinski definition) is 0. The molecule has 0 N–H and O–H groups in total. The lowest BCUT2D eigenvalue weighted by Gasteiger charge is -2.10. The maximum absolute atomic E-state index is 11.3. The Bertz CT molecular complexity index is 634. The Balaban J connectivity index is 2.84. The first-order valence-corrected chi connectivity index (χ1v) is 7.39. The third-order valence-electron chi connectivity index (χ3n) is 2.80. The number of esters is 1. The molecule has 0 aliphatic carbocycles. The summed E-state index contributed by atoms with van der Waals surface area (Å²) in [5.74, 6) is 0.286. The number of carbonyl (C=O) groups excluding carboxylic acids is 2. The van der Waals surface area contributed by atoms with Crippen LogP contribution in [0.25, 0.3) is 0 Å². The van der Waals surface area contributed by atoms with Crippen molar-refractivity contribution in [3.05, 3.63) is 65.4 Å². The van der Waals surface area contributed by atoms with Crippen molar-refractivity contribution in [2.24, 2.45) is 0 Å². The molecule has 1 aromatic heterocycles. The summed E-state index contributed by atoms with van der Waals surface area (Å²) in [7, 11) is 1.30. The van der Waals surface area contributed by atoms with Gasteiger partial charge in [0.15, 0.2) is 29.3 Å². The maximum Gasteiger partial charge on any atom is 0.339 e. The summed E-state index contributed by atoms with van der Waals surface area (Å²) in [6.07, 6.45) is 5.13. The van der Waals surface area contributed by atoms with Gasteiger partial charge in [0.2, 0.25) is 0 Å². The first-order chi connectivity index (χ1) is 11.1. The van der Waals surface area contributed by atoms with Gasteiger partial charge < -0.3 is 12.5 Å². The molecular weight excluding hydrogens is 413 g/mol. The minimum Gasteiger partial charge on any atom is -0.491 e. The second-order valence-electron chi connectivity index (χ2n) is 4.25. The van der Waals surface area contributed by atoms with Crippen LogP contribution in [-0.2, 0) is 23.9 Å². The average Bonchev–Trinajstić information content (AvgIpc) is 2.59. The van der Waals surface area contributed by atoms with E-state index in [1.807, 2.05) is 0 Å². The van der Waals surface area contributed by atoms with Gasteiger partial charge in [-0.1, -0.05) is 12.7 Å². The van der Waals surface area contributed by atoms with Crippen molar-refractivity contribution >= 4 is 35.3 Å². The highest BCUT2D eigenvalue weighted by Gasteiger charge is 2.11. The predicted molar refractivity (Wildman–Crippen MR) is 92.5 cm³/mol. The third-order valence-corrected chi connectivity index (χ3v) is 3.27. The molecule has 0 saturated heterocycles. The zero-order valence-electron chi connectivity index (χ0n) is 12.7. The van der Waals surface area contributed by atoms with Crippen LogP contribution in [0.4, 0.5) is 0 Å². The number of hydrogen-bond acceptors (Lipinski definition) is 6. The molecule has 23 heavy (non-hydrogen) atoms. The Morgan fingerprint density at radius 1 is 1.43 bits per heavy atom. The van der Waals surface area contributed by atoms with E-state index in [0.29, 0.717) is 29.1 Å². The van der Waals surface area contributed by atoms with Crippen molar-refractivity contribution in [1.82, 2.24) is 4.98 Å². The zero-order valence-corrected chi connectivity index (χ0v) is 14.9. The highest BCUT2D eigenvalue weighted by Crippen LogP contribution is 2.19. The fraction of sp³-hybridized carbons (Fsp3) is 0.188. The first kappa shape index (κ1) is 18.9. The largest absolute Gasteiger partial charge is 0.491 e. The number of rotatable bonds is 8. The molecule has 0 aromatic carbocycles. The SMILES string of the molecule is C=C/C=C(OI)\C(C=O)=C(/C)OCc1ccc(C(=O)OC)cn1. The van der Waals surface area contributed by atoms with Gasteiger partial charge in [0, 0.05) is 6.20 Å². The number of pyridine rings is 1. The Hall–Kier alpha value is -2.16. The minimum atomic E-state index is -0.456. The molecule has 0 fully saturated rings. The number of carbonyl (C=O) groups is 2. The average molecular weight is 429 g/mol. The van der Waals surface area contributed by atoms with Crippen LogP contribution in [-0.4, -0.2) is 24.3 Å². The summed E-state index contributed by atoms with van der Waals surface area (Å²) in [5, 5.41) is 0. The van der Waals surface area contributed by atoms with Crippen LogP contribution >= 0.6 is 23.0 Å². The minimum absolute atomic E-state index is 0.146. The van der Waals surface area contributed by atoms with Crippen LogP contribution in [0.2, 0.25) is 0 Å². The van der Waals surface area contributed by atoms with Crippen molar-refractivity contribution < 1.29 is 22.1 Å². The Morgan fingerprint density at radius 2 is 2.17 bits per heavy atom. The van der Waals surface area contributed by atoms with Crippen LogP contribution in [0.1, 0.15) is 23.0 Å². The summed E-state index contributed by atoms with van der Waals surface area (Å²) in [4.78, 5) is 26.6. The van der Waals surface area contributed by atoms with Gasteiger partial charge in [0.1, 0.15) is 18.1 Å². The lowest BCUT2D eigenvalue weighted by molar-refractivity contribution is -0.105. The van der Waals surface area contributed by atoms with Crippen LogP contribution in [0, 0.1) is 0 Å². The first-order valence-electron chi connectivity index (χ1n) is 6.51. The second-order valence-corrected chi connectivity index (χ2v) is 4.69. The topological polar surface area (TPSA) is 74.7 Å². The molecule has 0 aliphatic heterocycles. The van der Waals surface area contributed by atoms with Gasteiger partial charge >= 0.3 is 5.97 Å². The van der Waals surface area contributed by atoms with E-state index in [2.05, 4.69) is 16.3 Å². The quantitative estimate of drug-likeness (QED) is 0.158. The van der Waals surface area contributed by atoms with E-state index in [1.165, 1.54) is 19.4 Å². The number of allylic oxidation sites excluding steroid dienone is 4. The van der Waals surface area contributed by atoms with E-state index >= 15 is 0 Å². The molecule has 7 heteroatoms. The number of methoxy groups -OCH3 is 1. The van der Waals surface area contributed by atoms with Crippen molar-refractivity contribution in [2.75, 3.05) is 7.11 Å². The Kier molecular flexibility index (Phi) is 8.03. The molecule has 0 radical (unpaired) electrons. The highest BCUT2D eigenvalue weighted by atomic mass is 127. The van der Waals surface area contributed by atoms with Crippen molar-refractivity contribution in [1.29, 1.82) is 0 Å². The predicted octanol–water partition coefficient (Wildman–Crippen LogP) is 3.29. The van der Waals surface area contributed by atoms with Gasteiger partial charge in [-0.25, -0.2) is 4.79 Å². The molecule has 1 aromatic rings. The molecule has 122 valence electrons. The number of nitrogens with zero attached hydrogens (tertiary/aromatic N) is 1. The van der Waals surface area contributed by atoms with Gasteiger partial charge in [-0.15, -0.1) is 0 Å². The van der Waals surface area contributed by atoms with Crippen LogP contribution in [0.15, 0.2) is 54.2 Å². The zero-order chi connectivity index (χ0) is 17.2. The Labute approximate surface area is 148 Å². The molecule has 0 atom stereocenters. The van der Waals surface area contributed by atoms with Crippen LogP contribution in [0.5, 0.6) is 0 Å². The summed E-state index contributed by atoms with van der Waals surface area (Å²) < 4.78 is 15.2. The van der Waals surface area contributed by atoms with Crippen LogP contribution < -0.4 is 0 Å². The monoisotopic (exact) mass is 429 g/mol. The van der Waals surface area contributed by atoms with Gasteiger partial charge in [-0.2, -0.15) is 0 Å². The van der Waals surface area contributed by atoms with E-state index in [0.717, 1.165) is 0 Å². The van der Waals surface area contributed by atoms with Gasteiger partial charge in [0.25, 0.3) is 0 Å². The number of ether oxygens (including phenoxy) is 2. The summed E-state index contributed by atoms with van der Waals surface area (Å²) >= 11 is 1.68. The van der Waals surface area contributed by atoms with E-state index < -0.39 is 5.97 Å². The normalized spacial score (nSPS) is 12.0. The maximum atomic E-state index is 11.3. The van der Waals surface area contributed by atoms with Crippen molar-refractivity contribution in [3.63, 3.8) is 0 Å². The standard InChI is InChI=1S/C16H16INO5/c1-4-5-15(23-17)14(9-19)11(2)22-10-13-7-6-12(8-18-13)16(20)21-3/h4-9H,1,10H2,2-3H3/b14-11+,15-5+. The molecule has 0 saturated carbocycles. The second kappa shape index (κ2) is 9.78. The molecule has 0 spiro atoms. The van der Waals surface area contributed by atoms with E-state index in [4.69, 9.17) is 7.80 Å². The number of aromatic nitrogens is 1. The lowest BCUT2D eigenvalue weighted by Crippen LogP contribution is -2.04. The number of aldehydes is 1. The summed E-state index contributed by atoms with van der Waals surface area (Å²) in [6.45, 7) is 5.36. The van der Waals surface area contributed by atoms with E-state index in [-0.39, 0.29) is 12.2 Å². The fourth-order valence-electron chi connectivity index (χ4n) is 1.59. The lowest BCUT2D eigenvalue weighted by atomic mass is 10.2.